The van der Waals surface area contributed by atoms with Crippen molar-refractivity contribution in [1.29, 1.82) is 0 Å². The first-order chi connectivity index (χ1) is 19.7. The van der Waals surface area contributed by atoms with Crippen LogP contribution >= 0.6 is 23.8 Å². The van der Waals surface area contributed by atoms with Crippen LogP contribution in [0.5, 0.6) is 0 Å². The lowest BCUT2D eigenvalue weighted by Gasteiger charge is -2.37. The number of hydrogen-bond acceptors (Lipinski definition) is 7. The minimum absolute atomic E-state index is 0.203. The van der Waals surface area contributed by atoms with Crippen LogP contribution in [-0.4, -0.2) is 59.4 Å². The molecular formula is C29H28ClN7O2S2. The SMILES string of the molecule is Cc1cc2[nH]c3nc(N)nc(N4CCN(C(=S)Cc5ccc(S(=O)(=O)Nc6ccccc6)cc5)CC4)c3c2cc1Cl. The average molecular weight is 606 g/mol. The number of rotatable bonds is 6. The van der Waals surface area contributed by atoms with Crippen LogP contribution in [0.3, 0.4) is 0 Å². The fourth-order valence-electron chi connectivity index (χ4n) is 5.11. The number of nitrogens with zero attached hydrogens (tertiary/aromatic N) is 4. The van der Waals surface area contributed by atoms with E-state index in [9.17, 15) is 8.42 Å². The molecule has 0 aliphatic carbocycles. The number of hydrogen-bond donors (Lipinski definition) is 3. The van der Waals surface area contributed by atoms with Crippen molar-refractivity contribution in [3.05, 3.63) is 82.9 Å². The number of nitrogens with two attached hydrogens (primary N) is 1. The number of nitrogen functional groups attached to an aromatic ring is 1. The Balaban J connectivity index is 1.13. The maximum atomic E-state index is 12.7. The number of thiocarbonyl (C=S) groups is 1. The van der Waals surface area contributed by atoms with Crippen molar-refractivity contribution in [1.82, 2.24) is 19.9 Å². The molecule has 2 aromatic heterocycles. The van der Waals surface area contributed by atoms with Gasteiger partial charge in [0.25, 0.3) is 10.0 Å². The van der Waals surface area contributed by atoms with Gasteiger partial charge in [-0.05, 0) is 54.4 Å². The zero-order valence-electron chi connectivity index (χ0n) is 22.3. The minimum atomic E-state index is -3.67. The number of aryl methyl sites for hydroxylation is 1. The highest BCUT2D eigenvalue weighted by Gasteiger charge is 2.24. The first kappa shape index (κ1) is 27.3. The van der Waals surface area contributed by atoms with E-state index in [2.05, 4.69) is 29.5 Å². The number of para-hydroxylation sites is 1. The Kier molecular flexibility index (Phi) is 7.18. The second kappa shape index (κ2) is 10.8. The van der Waals surface area contributed by atoms with Gasteiger partial charge in [0, 0.05) is 54.2 Å². The molecule has 41 heavy (non-hydrogen) atoms. The summed E-state index contributed by atoms with van der Waals surface area (Å²) >= 11 is 12.2. The molecule has 4 N–H and O–H groups in total. The molecule has 9 nitrogen and oxygen atoms in total. The van der Waals surface area contributed by atoms with Crippen molar-refractivity contribution >= 4 is 78.2 Å². The molecule has 0 bridgehead atoms. The molecule has 0 amide bonds. The molecule has 6 rings (SSSR count). The molecule has 12 heteroatoms. The predicted octanol–water partition coefficient (Wildman–Crippen LogP) is 5.15. The van der Waals surface area contributed by atoms with Gasteiger partial charge in [-0.2, -0.15) is 9.97 Å². The number of H-pyrrole nitrogens is 1. The van der Waals surface area contributed by atoms with Crippen molar-refractivity contribution in [2.24, 2.45) is 0 Å². The largest absolute Gasteiger partial charge is 0.368 e. The molecule has 1 aliphatic heterocycles. The summed E-state index contributed by atoms with van der Waals surface area (Å²) in [5.41, 5.74) is 10.2. The van der Waals surface area contributed by atoms with Crippen molar-refractivity contribution in [3.8, 4) is 0 Å². The molecule has 1 saturated heterocycles. The van der Waals surface area contributed by atoms with Crippen LogP contribution in [-0.2, 0) is 16.4 Å². The highest BCUT2D eigenvalue weighted by molar-refractivity contribution is 7.92. The normalized spacial score (nSPS) is 14.1. The average Bonchev–Trinajstić information content (AvgIpc) is 3.30. The van der Waals surface area contributed by atoms with Crippen molar-refractivity contribution in [2.45, 2.75) is 18.2 Å². The topological polar surface area (TPSA) is 120 Å². The van der Waals surface area contributed by atoms with E-state index in [0.717, 1.165) is 51.3 Å². The van der Waals surface area contributed by atoms with Crippen molar-refractivity contribution in [2.75, 3.05) is 41.5 Å². The van der Waals surface area contributed by atoms with E-state index in [0.29, 0.717) is 35.9 Å². The first-order valence-electron chi connectivity index (χ1n) is 13.1. The molecule has 1 fully saturated rings. The number of benzene rings is 3. The highest BCUT2D eigenvalue weighted by atomic mass is 35.5. The van der Waals surface area contributed by atoms with E-state index in [4.69, 9.17) is 29.6 Å². The monoisotopic (exact) mass is 605 g/mol. The number of halogens is 1. The quantitative estimate of drug-likeness (QED) is 0.227. The van der Waals surface area contributed by atoms with E-state index in [1.807, 2.05) is 37.3 Å². The van der Waals surface area contributed by atoms with E-state index in [1.54, 1.807) is 36.4 Å². The number of piperazine rings is 1. The van der Waals surface area contributed by atoms with Crippen LogP contribution < -0.4 is 15.4 Å². The first-order valence-corrected chi connectivity index (χ1v) is 15.4. The maximum Gasteiger partial charge on any atom is 0.261 e. The number of aromatic amines is 1. The van der Waals surface area contributed by atoms with Gasteiger partial charge in [-0.1, -0.05) is 54.2 Å². The summed E-state index contributed by atoms with van der Waals surface area (Å²) in [5, 5.41) is 2.56. The molecule has 3 heterocycles. The van der Waals surface area contributed by atoms with E-state index < -0.39 is 10.0 Å². The Morgan fingerprint density at radius 1 is 1.05 bits per heavy atom. The Labute approximate surface area is 248 Å². The fraction of sp³-hybridized carbons (Fsp3) is 0.207. The predicted molar refractivity (Wildman–Crippen MR) is 169 cm³/mol. The third-order valence-electron chi connectivity index (χ3n) is 7.28. The Morgan fingerprint density at radius 3 is 2.46 bits per heavy atom. The molecule has 3 aromatic carbocycles. The van der Waals surface area contributed by atoms with E-state index >= 15 is 0 Å². The standard InChI is InChI=1S/C29H28ClN7O2S2/c1-18-15-24-22(17-23(18)30)26-27(32-24)33-29(31)34-28(26)37-13-11-36(12-14-37)25(40)16-19-7-9-21(10-8-19)41(38,39)35-20-5-3-2-4-6-20/h2-10,15,17,35H,11-14,16H2,1H3,(H3,31,32,33,34). The number of fused-ring (bicyclic) bond motifs is 3. The number of aromatic nitrogens is 3. The van der Waals surface area contributed by atoms with E-state index in [-0.39, 0.29) is 10.8 Å². The molecule has 0 saturated carbocycles. The highest BCUT2D eigenvalue weighted by Crippen LogP contribution is 2.35. The van der Waals surface area contributed by atoms with Gasteiger partial charge >= 0.3 is 0 Å². The second-order valence-corrected chi connectivity index (χ2v) is 12.6. The van der Waals surface area contributed by atoms with Crippen molar-refractivity contribution < 1.29 is 8.42 Å². The molecule has 0 radical (unpaired) electrons. The van der Waals surface area contributed by atoms with Crippen LogP contribution in [0.25, 0.3) is 21.9 Å². The molecule has 1 aliphatic rings. The summed E-state index contributed by atoms with van der Waals surface area (Å²) in [4.78, 5) is 17.8. The minimum Gasteiger partial charge on any atom is -0.368 e. The smallest absolute Gasteiger partial charge is 0.261 e. The third kappa shape index (κ3) is 5.52. The van der Waals surface area contributed by atoms with Gasteiger partial charge < -0.3 is 20.5 Å². The van der Waals surface area contributed by atoms with Gasteiger partial charge in [0.1, 0.15) is 11.5 Å². The van der Waals surface area contributed by atoms with Crippen LogP contribution in [0.4, 0.5) is 17.5 Å². The van der Waals surface area contributed by atoms with Crippen molar-refractivity contribution in [3.63, 3.8) is 0 Å². The number of sulfonamides is 1. The summed E-state index contributed by atoms with van der Waals surface area (Å²) in [5.74, 6) is 0.995. The Hall–Kier alpha value is -3.93. The van der Waals surface area contributed by atoms with E-state index in [1.165, 1.54) is 0 Å². The number of nitrogens with one attached hydrogen (secondary N) is 2. The van der Waals surface area contributed by atoms with Gasteiger partial charge in [-0.15, -0.1) is 0 Å². The Morgan fingerprint density at radius 2 is 1.76 bits per heavy atom. The van der Waals surface area contributed by atoms with Gasteiger partial charge in [0.05, 0.1) is 15.3 Å². The Bertz CT molecular complexity index is 1870. The maximum absolute atomic E-state index is 12.7. The fourth-order valence-corrected chi connectivity index (χ4v) is 6.68. The molecule has 210 valence electrons. The molecular weight excluding hydrogens is 578 g/mol. The lowest BCUT2D eigenvalue weighted by atomic mass is 10.1. The van der Waals surface area contributed by atoms with Gasteiger partial charge in [0.15, 0.2) is 0 Å². The van der Waals surface area contributed by atoms with Gasteiger partial charge in [-0.25, -0.2) is 8.42 Å². The summed E-state index contributed by atoms with van der Waals surface area (Å²) in [6, 6.07) is 19.6. The van der Waals surface area contributed by atoms with Crippen LogP contribution in [0, 0.1) is 6.92 Å². The third-order valence-corrected chi connectivity index (χ3v) is 9.48. The lowest BCUT2D eigenvalue weighted by Crippen LogP contribution is -2.49. The molecule has 0 atom stereocenters. The van der Waals surface area contributed by atoms with Crippen LogP contribution in [0.15, 0.2) is 71.6 Å². The van der Waals surface area contributed by atoms with Gasteiger partial charge in [0.2, 0.25) is 5.95 Å². The molecule has 5 aromatic rings. The lowest BCUT2D eigenvalue weighted by molar-refractivity contribution is 0.386. The molecule has 0 unspecified atom stereocenters. The summed E-state index contributed by atoms with van der Waals surface area (Å²) in [6.45, 7) is 4.83. The van der Waals surface area contributed by atoms with Gasteiger partial charge in [-0.3, -0.25) is 4.72 Å². The van der Waals surface area contributed by atoms with Crippen LogP contribution in [0.2, 0.25) is 5.02 Å². The second-order valence-electron chi connectivity index (χ2n) is 10.1. The molecule has 0 spiro atoms. The number of anilines is 3. The van der Waals surface area contributed by atoms with Crippen LogP contribution in [0.1, 0.15) is 11.1 Å². The summed E-state index contributed by atoms with van der Waals surface area (Å²) < 4.78 is 28.1. The zero-order valence-corrected chi connectivity index (χ0v) is 24.7. The summed E-state index contributed by atoms with van der Waals surface area (Å²) in [6.07, 6.45) is 0.548. The summed E-state index contributed by atoms with van der Waals surface area (Å²) in [7, 11) is -3.67. The zero-order chi connectivity index (χ0) is 28.7.